The van der Waals surface area contributed by atoms with E-state index >= 15 is 0 Å². The first kappa shape index (κ1) is 6.59. The lowest BCUT2D eigenvalue weighted by molar-refractivity contribution is -0.121. The van der Waals surface area contributed by atoms with E-state index in [0.29, 0.717) is 6.42 Å². The molecule has 0 atom stereocenters. The Morgan fingerprint density at radius 1 is 1.67 bits per heavy atom. The number of carbonyl (C=O) groups excluding carboxylic acids is 1. The Balaban J connectivity index is 2.33. The van der Waals surface area contributed by atoms with Gasteiger partial charge in [0.1, 0.15) is 0 Å². The van der Waals surface area contributed by atoms with Crippen molar-refractivity contribution in [2.75, 3.05) is 0 Å². The van der Waals surface area contributed by atoms with Crippen LogP contribution in [-0.4, -0.2) is 5.91 Å². The second-order valence-corrected chi connectivity index (χ2v) is 3.31. The van der Waals surface area contributed by atoms with Crippen molar-refractivity contribution in [1.82, 2.24) is 0 Å². The lowest BCUT2D eigenvalue weighted by Gasteiger charge is -2.37. The fourth-order valence-corrected chi connectivity index (χ4v) is 1.38. The maximum atomic E-state index is 10.4. The molecule has 0 spiro atoms. The lowest BCUT2D eigenvalue weighted by Crippen LogP contribution is -2.31. The zero-order valence-electron chi connectivity index (χ0n) is 5.81. The Bertz CT molecular complexity index is 127. The molecule has 0 aliphatic heterocycles. The van der Waals surface area contributed by atoms with Crippen LogP contribution in [0.2, 0.25) is 0 Å². The molecule has 2 heteroatoms. The number of nitrogens with two attached hydrogens (primary N) is 1. The van der Waals surface area contributed by atoms with Gasteiger partial charge in [-0.05, 0) is 18.3 Å². The van der Waals surface area contributed by atoms with Crippen LogP contribution in [0.15, 0.2) is 0 Å². The first-order valence-corrected chi connectivity index (χ1v) is 3.41. The zero-order valence-corrected chi connectivity index (χ0v) is 5.81. The zero-order chi connectivity index (χ0) is 6.91. The van der Waals surface area contributed by atoms with Crippen LogP contribution in [0, 0.1) is 5.41 Å². The molecule has 1 aliphatic rings. The van der Waals surface area contributed by atoms with Gasteiger partial charge in [0.05, 0.1) is 0 Å². The van der Waals surface area contributed by atoms with Gasteiger partial charge in [0.15, 0.2) is 0 Å². The predicted molar refractivity (Wildman–Crippen MR) is 35.8 cm³/mol. The van der Waals surface area contributed by atoms with Gasteiger partial charge in [-0.3, -0.25) is 4.79 Å². The summed E-state index contributed by atoms with van der Waals surface area (Å²) < 4.78 is 0. The Kier molecular flexibility index (Phi) is 1.47. The van der Waals surface area contributed by atoms with E-state index in [0.717, 1.165) is 0 Å². The van der Waals surface area contributed by atoms with E-state index in [-0.39, 0.29) is 11.3 Å². The molecule has 1 aliphatic carbocycles. The minimum absolute atomic E-state index is 0.155. The Morgan fingerprint density at radius 2 is 2.22 bits per heavy atom. The van der Waals surface area contributed by atoms with Crippen LogP contribution in [0.25, 0.3) is 0 Å². The van der Waals surface area contributed by atoms with Crippen molar-refractivity contribution in [3.8, 4) is 0 Å². The summed E-state index contributed by atoms with van der Waals surface area (Å²) in [5, 5.41) is 0. The largest absolute Gasteiger partial charge is 0.370 e. The van der Waals surface area contributed by atoms with Crippen LogP contribution in [0.1, 0.15) is 32.6 Å². The molecule has 0 aromatic carbocycles. The van der Waals surface area contributed by atoms with Gasteiger partial charge in [0.25, 0.3) is 0 Å². The van der Waals surface area contributed by atoms with E-state index in [4.69, 9.17) is 5.73 Å². The molecule has 0 aromatic heterocycles. The molecule has 1 amide bonds. The van der Waals surface area contributed by atoms with Crippen molar-refractivity contribution in [3.05, 3.63) is 0 Å². The molecule has 9 heavy (non-hydrogen) atoms. The fraction of sp³-hybridized carbons (Fsp3) is 0.857. The van der Waals surface area contributed by atoms with Crippen LogP contribution in [0.5, 0.6) is 0 Å². The number of rotatable bonds is 2. The third kappa shape index (κ3) is 1.44. The van der Waals surface area contributed by atoms with E-state index in [1.54, 1.807) is 0 Å². The van der Waals surface area contributed by atoms with Gasteiger partial charge in [-0.2, -0.15) is 0 Å². The van der Waals surface area contributed by atoms with E-state index in [1.165, 1.54) is 19.3 Å². The summed E-state index contributed by atoms with van der Waals surface area (Å²) in [6, 6.07) is 0. The quantitative estimate of drug-likeness (QED) is 0.592. The Morgan fingerprint density at radius 3 is 2.33 bits per heavy atom. The lowest BCUT2D eigenvalue weighted by atomic mass is 9.68. The second-order valence-electron chi connectivity index (χ2n) is 3.31. The molecule has 0 heterocycles. The van der Waals surface area contributed by atoms with Crippen LogP contribution < -0.4 is 5.73 Å². The number of hydrogen-bond acceptors (Lipinski definition) is 1. The highest BCUT2D eigenvalue weighted by Gasteiger charge is 2.32. The van der Waals surface area contributed by atoms with Gasteiger partial charge in [0, 0.05) is 6.42 Å². The fourth-order valence-electron chi connectivity index (χ4n) is 1.38. The molecule has 0 radical (unpaired) electrons. The summed E-state index contributed by atoms with van der Waals surface area (Å²) >= 11 is 0. The van der Waals surface area contributed by atoms with E-state index in [2.05, 4.69) is 6.92 Å². The summed E-state index contributed by atoms with van der Waals surface area (Å²) in [5.41, 5.74) is 5.32. The molecule has 1 rings (SSSR count). The van der Waals surface area contributed by atoms with E-state index in [9.17, 15) is 4.79 Å². The predicted octanol–water partition coefficient (Wildman–Crippen LogP) is 1.05. The molecule has 1 fully saturated rings. The van der Waals surface area contributed by atoms with Gasteiger partial charge in [-0.25, -0.2) is 0 Å². The molecule has 52 valence electrons. The van der Waals surface area contributed by atoms with Crippen LogP contribution in [0.3, 0.4) is 0 Å². The average Bonchev–Trinajstić information content (AvgIpc) is 1.60. The number of hydrogen-bond donors (Lipinski definition) is 1. The third-order valence-electron chi connectivity index (χ3n) is 2.16. The molecule has 1 saturated carbocycles. The summed E-state index contributed by atoms with van der Waals surface area (Å²) in [6.45, 7) is 2.13. The highest BCUT2D eigenvalue weighted by molar-refractivity contribution is 5.74. The van der Waals surface area contributed by atoms with E-state index in [1.807, 2.05) is 0 Å². The molecular formula is C7H13NO. The smallest absolute Gasteiger partial charge is 0.217 e. The van der Waals surface area contributed by atoms with Gasteiger partial charge >= 0.3 is 0 Å². The summed E-state index contributed by atoms with van der Waals surface area (Å²) in [7, 11) is 0. The number of amides is 1. The van der Waals surface area contributed by atoms with Crippen LogP contribution >= 0.6 is 0 Å². The molecule has 0 unspecified atom stereocenters. The monoisotopic (exact) mass is 127 g/mol. The first-order valence-electron chi connectivity index (χ1n) is 3.41. The highest BCUT2D eigenvalue weighted by Crippen LogP contribution is 2.42. The van der Waals surface area contributed by atoms with Gasteiger partial charge in [0.2, 0.25) is 5.91 Å². The Hall–Kier alpha value is -0.530. The topological polar surface area (TPSA) is 43.1 Å². The maximum absolute atomic E-state index is 10.4. The van der Waals surface area contributed by atoms with Crippen LogP contribution in [0.4, 0.5) is 0 Å². The molecule has 2 nitrogen and oxygen atoms in total. The summed E-state index contributed by atoms with van der Waals surface area (Å²) in [4.78, 5) is 10.4. The minimum Gasteiger partial charge on any atom is -0.370 e. The van der Waals surface area contributed by atoms with Crippen molar-refractivity contribution in [2.45, 2.75) is 32.6 Å². The van der Waals surface area contributed by atoms with Crippen molar-refractivity contribution in [2.24, 2.45) is 11.1 Å². The molecule has 0 aromatic rings. The minimum atomic E-state index is -0.155. The van der Waals surface area contributed by atoms with Gasteiger partial charge in [-0.15, -0.1) is 0 Å². The van der Waals surface area contributed by atoms with Gasteiger partial charge in [-0.1, -0.05) is 13.3 Å². The summed E-state index contributed by atoms with van der Waals surface area (Å²) in [6.07, 6.45) is 4.20. The van der Waals surface area contributed by atoms with Crippen molar-refractivity contribution in [3.63, 3.8) is 0 Å². The van der Waals surface area contributed by atoms with Gasteiger partial charge < -0.3 is 5.73 Å². The SMILES string of the molecule is CC1(CC(N)=O)CCC1. The third-order valence-corrected chi connectivity index (χ3v) is 2.16. The molecular weight excluding hydrogens is 114 g/mol. The second kappa shape index (κ2) is 2.01. The normalized spacial score (nSPS) is 22.8. The highest BCUT2D eigenvalue weighted by atomic mass is 16.1. The number of primary amides is 1. The summed E-state index contributed by atoms with van der Waals surface area (Å²) in [5.74, 6) is -0.155. The average molecular weight is 127 g/mol. The van der Waals surface area contributed by atoms with Crippen molar-refractivity contribution in [1.29, 1.82) is 0 Å². The van der Waals surface area contributed by atoms with Crippen LogP contribution in [-0.2, 0) is 4.79 Å². The van der Waals surface area contributed by atoms with Crippen molar-refractivity contribution >= 4 is 5.91 Å². The first-order chi connectivity index (χ1) is 4.12. The maximum Gasteiger partial charge on any atom is 0.217 e. The van der Waals surface area contributed by atoms with Crippen molar-refractivity contribution < 1.29 is 4.79 Å². The standard InChI is InChI=1S/C7H13NO/c1-7(3-2-4-7)5-6(8)9/h2-5H2,1H3,(H2,8,9). The molecule has 0 bridgehead atoms. The number of carbonyl (C=O) groups is 1. The van der Waals surface area contributed by atoms with E-state index < -0.39 is 0 Å². The molecule has 2 N–H and O–H groups in total. The molecule has 0 saturated heterocycles. The Labute approximate surface area is 55.4 Å².